The van der Waals surface area contributed by atoms with Crippen LogP contribution in [0.5, 0.6) is 0 Å². The van der Waals surface area contributed by atoms with E-state index in [2.05, 4.69) is 32.8 Å². The number of nitrogens with zero attached hydrogens (tertiary/aromatic N) is 2. The van der Waals surface area contributed by atoms with Crippen molar-refractivity contribution in [3.05, 3.63) is 18.0 Å². The van der Waals surface area contributed by atoms with Gasteiger partial charge in [-0.25, -0.2) is 0 Å². The van der Waals surface area contributed by atoms with Gasteiger partial charge in [0.25, 0.3) is 0 Å². The lowest BCUT2D eigenvalue weighted by atomic mass is 10.0. The highest BCUT2D eigenvalue weighted by molar-refractivity contribution is 5.01. The van der Waals surface area contributed by atoms with Crippen molar-refractivity contribution in [2.75, 3.05) is 0 Å². The summed E-state index contributed by atoms with van der Waals surface area (Å²) in [6.07, 6.45) is 3.22. The number of aliphatic hydroxyl groups is 1. The molecule has 0 amide bonds. The number of aliphatic hydroxyl groups excluding tert-OH is 1. The maximum atomic E-state index is 9.77. The van der Waals surface area contributed by atoms with E-state index in [-0.39, 0.29) is 6.10 Å². The highest BCUT2D eigenvalue weighted by Gasteiger charge is 2.10. The summed E-state index contributed by atoms with van der Waals surface area (Å²) in [5, 5.41) is 14.2. The van der Waals surface area contributed by atoms with Gasteiger partial charge in [0.1, 0.15) is 0 Å². The Kier molecular flexibility index (Phi) is 4.33. The Morgan fingerprint density at radius 1 is 1.33 bits per heavy atom. The maximum absolute atomic E-state index is 9.77. The fourth-order valence-corrected chi connectivity index (χ4v) is 1.64. The van der Waals surface area contributed by atoms with E-state index in [9.17, 15) is 5.11 Å². The summed E-state index contributed by atoms with van der Waals surface area (Å²) in [7, 11) is 0. The van der Waals surface area contributed by atoms with E-state index in [1.807, 2.05) is 16.9 Å². The third-order valence-corrected chi connectivity index (χ3v) is 2.38. The Morgan fingerprint density at radius 3 is 2.47 bits per heavy atom. The third-order valence-electron chi connectivity index (χ3n) is 2.38. The molecule has 86 valence electrons. The minimum atomic E-state index is -0.263. The Labute approximate surface area is 92.1 Å². The lowest BCUT2D eigenvalue weighted by Crippen LogP contribution is -2.14. The zero-order chi connectivity index (χ0) is 11.4. The van der Waals surface area contributed by atoms with Crippen molar-refractivity contribution in [1.82, 2.24) is 9.78 Å². The molecule has 3 nitrogen and oxygen atoms in total. The summed E-state index contributed by atoms with van der Waals surface area (Å²) in [5.74, 6) is 0.534. The molecule has 0 bridgehead atoms. The first-order valence-corrected chi connectivity index (χ1v) is 5.71. The molecule has 0 aliphatic carbocycles. The van der Waals surface area contributed by atoms with Gasteiger partial charge in [-0.1, -0.05) is 13.8 Å². The van der Waals surface area contributed by atoms with Crippen LogP contribution in [0.3, 0.4) is 0 Å². The van der Waals surface area contributed by atoms with Crippen LogP contribution < -0.4 is 0 Å². The first-order valence-electron chi connectivity index (χ1n) is 5.71. The third kappa shape index (κ3) is 4.04. The Bertz CT molecular complexity index is 292. The molecule has 0 spiro atoms. The number of hydrogen-bond donors (Lipinski definition) is 1. The molecule has 0 aromatic carbocycles. The quantitative estimate of drug-likeness (QED) is 0.810. The number of rotatable bonds is 5. The minimum absolute atomic E-state index is 0.263. The summed E-state index contributed by atoms with van der Waals surface area (Å²) >= 11 is 0. The predicted molar refractivity (Wildman–Crippen MR) is 61.8 cm³/mol. The molecule has 1 unspecified atom stereocenters. The van der Waals surface area contributed by atoms with Crippen LogP contribution in [0.25, 0.3) is 0 Å². The lowest BCUT2D eigenvalue weighted by Gasteiger charge is -2.11. The standard InChI is InChI=1S/C12H22N2O/c1-9(2)7-12(15)8-11-5-6-14(13-11)10(3)4/h5-6,9-10,12,15H,7-8H2,1-4H3. The van der Waals surface area contributed by atoms with Crippen molar-refractivity contribution in [3.63, 3.8) is 0 Å². The SMILES string of the molecule is CC(C)CC(O)Cc1ccn(C(C)C)n1. The predicted octanol–water partition coefficient (Wildman–Crippen LogP) is 2.41. The first kappa shape index (κ1) is 12.2. The van der Waals surface area contributed by atoms with Crippen LogP contribution in [0.15, 0.2) is 12.3 Å². The van der Waals surface area contributed by atoms with Gasteiger partial charge in [0.15, 0.2) is 0 Å². The fourth-order valence-electron chi connectivity index (χ4n) is 1.64. The van der Waals surface area contributed by atoms with Crippen LogP contribution in [0.4, 0.5) is 0 Å². The molecule has 0 saturated heterocycles. The van der Waals surface area contributed by atoms with Crippen molar-refractivity contribution in [2.45, 2.75) is 52.7 Å². The monoisotopic (exact) mass is 210 g/mol. The lowest BCUT2D eigenvalue weighted by molar-refractivity contribution is 0.147. The van der Waals surface area contributed by atoms with E-state index in [4.69, 9.17) is 0 Å². The average Bonchev–Trinajstić information content (AvgIpc) is 2.50. The molecular formula is C12H22N2O. The van der Waals surface area contributed by atoms with Gasteiger partial charge in [-0.3, -0.25) is 4.68 Å². The minimum Gasteiger partial charge on any atom is -0.393 e. The maximum Gasteiger partial charge on any atom is 0.0650 e. The highest BCUT2D eigenvalue weighted by atomic mass is 16.3. The normalized spacial score (nSPS) is 13.8. The van der Waals surface area contributed by atoms with Gasteiger partial charge in [0, 0.05) is 18.7 Å². The molecule has 1 rings (SSSR count). The van der Waals surface area contributed by atoms with Gasteiger partial charge in [-0.15, -0.1) is 0 Å². The number of hydrogen-bond acceptors (Lipinski definition) is 2. The van der Waals surface area contributed by atoms with Crippen molar-refractivity contribution in [1.29, 1.82) is 0 Å². The Morgan fingerprint density at radius 2 is 2.00 bits per heavy atom. The van der Waals surface area contributed by atoms with Crippen LogP contribution in [-0.4, -0.2) is 21.0 Å². The smallest absolute Gasteiger partial charge is 0.0650 e. The molecule has 1 aromatic rings. The molecule has 0 radical (unpaired) electrons. The van der Waals surface area contributed by atoms with Crippen LogP contribution in [-0.2, 0) is 6.42 Å². The first-order chi connectivity index (χ1) is 6.99. The van der Waals surface area contributed by atoms with Crippen molar-refractivity contribution < 1.29 is 5.11 Å². The van der Waals surface area contributed by atoms with Crippen molar-refractivity contribution in [3.8, 4) is 0 Å². The van der Waals surface area contributed by atoms with E-state index >= 15 is 0 Å². The summed E-state index contributed by atoms with van der Waals surface area (Å²) in [6, 6.07) is 2.38. The van der Waals surface area contributed by atoms with Crippen LogP contribution in [0, 0.1) is 5.92 Å². The molecule has 15 heavy (non-hydrogen) atoms. The summed E-state index contributed by atoms with van der Waals surface area (Å²) in [4.78, 5) is 0. The molecule has 0 fully saturated rings. The van der Waals surface area contributed by atoms with E-state index < -0.39 is 0 Å². The van der Waals surface area contributed by atoms with E-state index in [1.54, 1.807) is 0 Å². The van der Waals surface area contributed by atoms with Gasteiger partial charge in [0.2, 0.25) is 0 Å². The fraction of sp³-hybridized carbons (Fsp3) is 0.750. The van der Waals surface area contributed by atoms with Gasteiger partial charge in [0.05, 0.1) is 11.8 Å². The Hall–Kier alpha value is -0.830. The molecule has 1 heterocycles. The molecular weight excluding hydrogens is 188 g/mol. The van der Waals surface area contributed by atoms with Gasteiger partial charge < -0.3 is 5.11 Å². The topological polar surface area (TPSA) is 38.0 Å². The average molecular weight is 210 g/mol. The van der Waals surface area contributed by atoms with Gasteiger partial charge >= 0.3 is 0 Å². The summed E-state index contributed by atoms with van der Waals surface area (Å²) < 4.78 is 1.93. The zero-order valence-electron chi connectivity index (χ0n) is 10.1. The summed E-state index contributed by atoms with van der Waals surface area (Å²) in [5.41, 5.74) is 0.983. The largest absolute Gasteiger partial charge is 0.393 e. The van der Waals surface area contributed by atoms with E-state index in [0.29, 0.717) is 18.4 Å². The summed E-state index contributed by atoms with van der Waals surface area (Å²) in [6.45, 7) is 8.44. The van der Waals surface area contributed by atoms with E-state index in [1.165, 1.54) is 0 Å². The molecule has 0 aliphatic heterocycles. The van der Waals surface area contributed by atoms with Crippen LogP contribution >= 0.6 is 0 Å². The molecule has 0 aliphatic rings. The second-order valence-electron chi connectivity index (χ2n) is 4.87. The van der Waals surface area contributed by atoms with Crippen LogP contribution in [0.1, 0.15) is 45.9 Å². The van der Waals surface area contributed by atoms with Gasteiger partial charge in [-0.05, 0) is 32.3 Å². The van der Waals surface area contributed by atoms with E-state index in [0.717, 1.165) is 12.1 Å². The second kappa shape index (κ2) is 5.31. The van der Waals surface area contributed by atoms with Crippen molar-refractivity contribution in [2.24, 2.45) is 5.92 Å². The Balaban J connectivity index is 2.49. The second-order valence-corrected chi connectivity index (χ2v) is 4.87. The van der Waals surface area contributed by atoms with Gasteiger partial charge in [-0.2, -0.15) is 5.10 Å². The van der Waals surface area contributed by atoms with Crippen LogP contribution in [0.2, 0.25) is 0 Å². The molecule has 1 aromatic heterocycles. The molecule has 1 atom stereocenters. The van der Waals surface area contributed by atoms with Crippen molar-refractivity contribution >= 4 is 0 Å². The molecule has 3 heteroatoms. The number of aromatic nitrogens is 2. The molecule has 1 N–H and O–H groups in total. The zero-order valence-corrected chi connectivity index (χ0v) is 10.1. The highest BCUT2D eigenvalue weighted by Crippen LogP contribution is 2.11. The molecule has 0 saturated carbocycles.